The molecule has 1 heterocycles. The quantitative estimate of drug-likeness (QED) is 0.0962. The standard InChI is InChI=1S/C35H53N5O9S2/c1-21-18-22(2)27(23(3)19-21)51(45,46)39-25(29(42)47-33(4,5)6)20-37-28(41)26-16-15-24(50-26)14-13-17-40(32(44)49-35(10,11)12)30(36)38-31(43)48-34(7,8)9/h15-16,18-19,25,39H,13-14,17,20H2,1-12H3,(H,37,41)(H2,36,38,43)/t25-/m0/s1. The summed E-state index contributed by atoms with van der Waals surface area (Å²) >= 11 is 1.18. The fraction of sp³-hybridized carbons (Fsp3) is 0.571. The Morgan fingerprint density at radius 1 is 0.863 bits per heavy atom. The Balaban J connectivity index is 2.15. The number of sulfonamides is 1. The van der Waals surface area contributed by atoms with Crippen LogP contribution < -0.4 is 15.4 Å². The summed E-state index contributed by atoms with van der Waals surface area (Å²) in [4.78, 5) is 53.6. The van der Waals surface area contributed by atoms with Crippen molar-refractivity contribution >= 4 is 51.4 Å². The van der Waals surface area contributed by atoms with Crippen molar-refractivity contribution in [2.75, 3.05) is 13.1 Å². The molecule has 4 N–H and O–H groups in total. The predicted molar refractivity (Wildman–Crippen MR) is 196 cm³/mol. The lowest BCUT2D eigenvalue weighted by Crippen LogP contribution is -2.50. The third-order valence-electron chi connectivity index (χ3n) is 6.52. The van der Waals surface area contributed by atoms with E-state index in [0.717, 1.165) is 15.3 Å². The molecule has 0 bridgehead atoms. The number of hydrogen-bond acceptors (Lipinski definition) is 11. The smallest absolute Gasteiger partial charge is 0.417 e. The van der Waals surface area contributed by atoms with Crippen molar-refractivity contribution in [1.82, 2.24) is 20.3 Å². The molecule has 1 aromatic carbocycles. The zero-order valence-corrected chi connectivity index (χ0v) is 33.3. The molecule has 0 unspecified atom stereocenters. The molecule has 51 heavy (non-hydrogen) atoms. The minimum atomic E-state index is -4.18. The van der Waals surface area contributed by atoms with Crippen LogP contribution in [0.3, 0.4) is 0 Å². The van der Waals surface area contributed by atoms with E-state index in [4.69, 9.17) is 19.6 Å². The average Bonchev–Trinajstić information content (AvgIpc) is 3.38. The number of nitrogens with zero attached hydrogens (tertiary/aromatic N) is 1. The Bertz CT molecular complexity index is 1690. The maximum absolute atomic E-state index is 13.5. The lowest BCUT2D eigenvalue weighted by molar-refractivity contribution is -0.156. The largest absolute Gasteiger partial charge is 0.459 e. The molecule has 14 nitrogen and oxygen atoms in total. The van der Waals surface area contributed by atoms with Crippen LogP contribution >= 0.6 is 11.3 Å². The molecule has 0 saturated carbocycles. The number of nitrogens with one attached hydrogen (secondary N) is 4. The molecular formula is C35H53N5O9S2. The van der Waals surface area contributed by atoms with Gasteiger partial charge in [0.25, 0.3) is 5.91 Å². The van der Waals surface area contributed by atoms with Crippen molar-refractivity contribution in [3.05, 3.63) is 50.7 Å². The molecule has 0 aliphatic heterocycles. The van der Waals surface area contributed by atoms with Crippen molar-refractivity contribution < 1.29 is 41.8 Å². The van der Waals surface area contributed by atoms with E-state index in [1.54, 1.807) is 100 Å². The summed E-state index contributed by atoms with van der Waals surface area (Å²) in [5, 5.41) is 13.3. The average molecular weight is 752 g/mol. The monoisotopic (exact) mass is 751 g/mol. The van der Waals surface area contributed by atoms with Crippen molar-refractivity contribution in [1.29, 1.82) is 5.41 Å². The summed E-state index contributed by atoms with van der Waals surface area (Å²) in [5.74, 6) is -1.88. The lowest BCUT2D eigenvalue weighted by Gasteiger charge is -2.28. The van der Waals surface area contributed by atoms with Crippen LogP contribution in [0.1, 0.15) is 100.0 Å². The molecule has 0 aliphatic carbocycles. The van der Waals surface area contributed by atoms with Crippen LogP contribution in [-0.4, -0.2) is 79.3 Å². The third kappa shape index (κ3) is 14.6. The van der Waals surface area contributed by atoms with Crippen molar-refractivity contribution in [2.24, 2.45) is 0 Å². The Morgan fingerprint density at radius 3 is 1.94 bits per heavy atom. The Hall–Kier alpha value is -4.02. The van der Waals surface area contributed by atoms with Gasteiger partial charge in [-0.3, -0.25) is 20.3 Å². The van der Waals surface area contributed by atoms with Crippen LogP contribution in [0.2, 0.25) is 0 Å². The Morgan fingerprint density at radius 2 is 1.41 bits per heavy atom. The summed E-state index contributed by atoms with van der Waals surface area (Å²) in [6, 6.07) is 5.39. The molecule has 284 valence electrons. The predicted octanol–water partition coefficient (Wildman–Crippen LogP) is 5.72. The topological polar surface area (TPSA) is 193 Å². The molecule has 16 heteroatoms. The molecule has 1 aromatic heterocycles. The SMILES string of the molecule is Cc1cc(C)c(S(=O)(=O)N[C@@H](CNC(=O)c2ccc(CCCN(C(=N)NC(=O)OC(C)(C)C)C(=O)OC(C)(C)C)s2)C(=O)OC(C)(C)C)c(C)c1. The first-order valence-corrected chi connectivity index (χ1v) is 18.8. The van der Waals surface area contributed by atoms with Crippen molar-refractivity contribution in [3.63, 3.8) is 0 Å². The van der Waals surface area contributed by atoms with E-state index in [1.165, 1.54) is 11.3 Å². The van der Waals surface area contributed by atoms with Crippen molar-refractivity contribution in [3.8, 4) is 0 Å². The van der Waals surface area contributed by atoms with Crippen molar-refractivity contribution in [2.45, 2.75) is 124 Å². The van der Waals surface area contributed by atoms with E-state index < -0.39 is 62.9 Å². The number of carbonyl (C=O) groups is 4. The van der Waals surface area contributed by atoms with Gasteiger partial charge in [-0.2, -0.15) is 4.72 Å². The second-order valence-corrected chi connectivity index (χ2v) is 17.9. The van der Waals surface area contributed by atoms with E-state index in [0.29, 0.717) is 28.8 Å². The van der Waals surface area contributed by atoms with Gasteiger partial charge >= 0.3 is 18.2 Å². The molecule has 0 fully saturated rings. The highest BCUT2D eigenvalue weighted by molar-refractivity contribution is 7.89. The number of carbonyl (C=O) groups excluding carboxylic acids is 4. The Labute approximate surface area is 305 Å². The number of benzene rings is 1. The molecular weight excluding hydrogens is 699 g/mol. The molecule has 2 aromatic rings. The van der Waals surface area contributed by atoms with Crippen LogP contribution in [0.5, 0.6) is 0 Å². The highest BCUT2D eigenvalue weighted by atomic mass is 32.2. The van der Waals surface area contributed by atoms with Crippen LogP contribution in [0.25, 0.3) is 0 Å². The summed E-state index contributed by atoms with van der Waals surface area (Å²) in [5.41, 5.74) is -0.642. The summed E-state index contributed by atoms with van der Waals surface area (Å²) in [6.45, 7) is 19.9. The van der Waals surface area contributed by atoms with Gasteiger partial charge in [0.2, 0.25) is 16.0 Å². The lowest BCUT2D eigenvalue weighted by atomic mass is 10.1. The van der Waals surface area contributed by atoms with Gasteiger partial charge in [0.05, 0.1) is 9.77 Å². The number of thiophene rings is 1. The van der Waals surface area contributed by atoms with Gasteiger partial charge in [0, 0.05) is 18.0 Å². The van der Waals surface area contributed by atoms with Crippen LogP contribution in [0.15, 0.2) is 29.2 Å². The second kappa shape index (κ2) is 17.0. The van der Waals surface area contributed by atoms with Crippen LogP contribution in [0, 0.1) is 26.2 Å². The normalized spacial score (nSPS) is 12.8. The van der Waals surface area contributed by atoms with E-state index in [2.05, 4.69) is 15.4 Å². The fourth-order valence-corrected chi connectivity index (χ4v) is 7.39. The second-order valence-electron chi connectivity index (χ2n) is 15.1. The van der Waals surface area contributed by atoms with Gasteiger partial charge in [-0.1, -0.05) is 17.7 Å². The summed E-state index contributed by atoms with van der Waals surface area (Å²) in [7, 11) is -4.18. The van der Waals surface area contributed by atoms with E-state index in [1.807, 2.05) is 6.92 Å². The van der Waals surface area contributed by atoms with E-state index in [-0.39, 0.29) is 18.0 Å². The maximum atomic E-state index is 13.5. The van der Waals surface area contributed by atoms with Gasteiger partial charge < -0.3 is 19.5 Å². The molecule has 0 saturated heterocycles. The number of guanidine groups is 1. The third-order valence-corrected chi connectivity index (χ3v) is 9.44. The summed E-state index contributed by atoms with van der Waals surface area (Å²) in [6.07, 6.45) is -0.957. The first kappa shape index (κ1) is 43.1. The molecule has 1 atom stereocenters. The van der Waals surface area contributed by atoms with Crippen LogP contribution in [-0.2, 0) is 35.4 Å². The minimum absolute atomic E-state index is 0.0145. The van der Waals surface area contributed by atoms with Gasteiger partial charge in [-0.25, -0.2) is 22.9 Å². The van der Waals surface area contributed by atoms with Gasteiger partial charge in [-0.15, -0.1) is 11.3 Å². The maximum Gasteiger partial charge on any atom is 0.417 e. The minimum Gasteiger partial charge on any atom is -0.459 e. The molecule has 0 radical (unpaired) electrons. The molecule has 0 aliphatic rings. The first-order chi connectivity index (χ1) is 23.2. The highest BCUT2D eigenvalue weighted by Crippen LogP contribution is 2.23. The zero-order valence-electron chi connectivity index (χ0n) is 31.7. The van der Waals surface area contributed by atoms with E-state index >= 15 is 0 Å². The van der Waals surface area contributed by atoms with Crippen LogP contribution in [0.4, 0.5) is 9.59 Å². The molecule has 2 rings (SSSR count). The number of alkyl carbamates (subject to hydrolysis) is 1. The number of amides is 3. The van der Waals surface area contributed by atoms with Gasteiger partial charge in [0.1, 0.15) is 22.8 Å². The van der Waals surface area contributed by atoms with Gasteiger partial charge in [0.15, 0.2) is 0 Å². The molecule has 0 spiro atoms. The molecule has 3 amide bonds. The first-order valence-electron chi connectivity index (χ1n) is 16.5. The zero-order chi connectivity index (χ0) is 39.1. The fourth-order valence-electron chi connectivity index (χ4n) is 4.79. The van der Waals surface area contributed by atoms with Gasteiger partial charge in [-0.05, 0) is 119 Å². The number of aryl methyl sites for hydroxylation is 4. The van der Waals surface area contributed by atoms with E-state index in [9.17, 15) is 27.6 Å². The number of esters is 1. The number of rotatable bonds is 11. The highest BCUT2D eigenvalue weighted by Gasteiger charge is 2.32. The summed E-state index contributed by atoms with van der Waals surface area (Å²) < 4.78 is 45.5. The number of hydrogen-bond donors (Lipinski definition) is 4. The number of ether oxygens (including phenoxy) is 3. The Kier molecular flexibility index (Phi) is 14.4.